The number of ether oxygens (including phenoxy) is 1. The van der Waals surface area contributed by atoms with E-state index < -0.39 is 5.54 Å². The van der Waals surface area contributed by atoms with E-state index in [1.165, 1.54) is 0 Å². The second-order valence-corrected chi connectivity index (χ2v) is 9.08. The Bertz CT molecular complexity index is 958. The van der Waals surface area contributed by atoms with Gasteiger partial charge in [-0.05, 0) is 61.9 Å². The van der Waals surface area contributed by atoms with Gasteiger partial charge in [-0.2, -0.15) is 0 Å². The largest absolute Gasteiger partial charge is 0.378 e. The highest BCUT2D eigenvalue weighted by Gasteiger charge is 2.36. The molecule has 34 heavy (non-hydrogen) atoms. The molecule has 2 aliphatic rings. The highest BCUT2D eigenvalue weighted by atomic mass is 16.5. The molecular formula is C27H36N4O3. The van der Waals surface area contributed by atoms with Crippen molar-refractivity contribution in [1.82, 2.24) is 15.5 Å². The standard InChI is InChI=1S/C27H36N4O3/c1-3-27(28-2,25(32)22-8-10-24(11-9-22)30-16-18-34-19-17-30)20-21-4-6-23(7-5-21)26(33)31-14-12-29-13-15-31/h4-11,28-29H,3,12-20H2,1-2H3. The summed E-state index contributed by atoms with van der Waals surface area (Å²) in [6, 6.07) is 15.7. The number of amides is 1. The Hall–Kier alpha value is -2.74. The minimum atomic E-state index is -0.704. The Labute approximate surface area is 202 Å². The fourth-order valence-corrected chi connectivity index (χ4v) is 4.83. The SMILES string of the molecule is CCC(Cc1ccc(C(=O)N2CCNCC2)cc1)(NC)C(=O)c1ccc(N2CCOCC2)cc1. The first kappa shape index (κ1) is 24.4. The van der Waals surface area contributed by atoms with Gasteiger partial charge in [0, 0.05) is 56.1 Å². The summed E-state index contributed by atoms with van der Waals surface area (Å²) in [6.07, 6.45) is 1.22. The second-order valence-electron chi connectivity index (χ2n) is 9.08. The lowest BCUT2D eigenvalue weighted by Crippen LogP contribution is -2.51. The van der Waals surface area contributed by atoms with Crippen molar-refractivity contribution in [3.8, 4) is 0 Å². The van der Waals surface area contributed by atoms with E-state index in [-0.39, 0.29) is 11.7 Å². The van der Waals surface area contributed by atoms with Gasteiger partial charge in [-0.1, -0.05) is 19.1 Å². The van der Waals surface area contributed by atoms with Crippen LogP contribution in [0.1, 0.15) is 39.6 Å². The number of morpholine rings is 1. The summed E-state index contributed by atoms with van der Waals surface area (Å²) >= 11 is 0. The van der Waals surface area contributed by atoms with E-state index in [0.717, 1.165) is 63.7 Å². The number of likely N-dealkylation sites (N-methyl/N-ethyl adjacent to an activating group) is 1. The van der Waals surface area contributed by atoms with Crippen LogP contribution in [0.2, 0.25) is 0 Å². The molecule has 7 heteroatoms. The number of hydrogen-bond acceptors (Lipinski definition) is 6. The lowest BCUT2D eigenvalue weighted by Gasteiger charge is -2.32. The van der Waals surface area contributed by atoms with Crippen molar-refractivity contribution in [2.45, 2.75) is 25.3 Å². The van der Waals surface area contributed by atoms with Gasteiger partial charge in [0.25, 0.3) is 5.91 Å². The number of carbonyl (C=O) groups excluding carboxylic acids is 2. The highest BCUT2D eigenvalue weighted by Crippen LogP contribution is 2.25. The molecule has 2 N–H and O–H groups in total. The van der Waals surface area contributed by atoms with Gasteiger partial charge in [0.05, 0.1) is 18.8 Å². The van der Waals surface area contributed by atoms with Crippen LogP contribution in [0.4, 0.5) is 5.69 Å². The number of carbonyl (C=O) groups is 2. The molecule has 2 aliphatic heterocycles. The molecule has 1 unspecified atom stereocenters. The van der Waals surface area contributed by atoms with Crippen LogP contribution in [0, 0.1) is 0 Å². The minimum Gasteiger partial charge on any atom is -0.378 e. The molecule has 4 rings (SSSR count). The van der Waals surface area contributed by atoms with Gasteiger partial charge < -0.3 is 25.2 Å². The van der Waals surface area contributed by atoms with Crippen molar-refractivity contribution < 1.29 is 14.3 Å². The fourth-order valence-electron chi connectivity index (χ4n) is 4.83. The van der Waals surface area contributed by atoms with Gasteiger partial charge in [-0.25, -0.2) is 0 Å². The van der Waals surface area contributed by atoms with Gasteiger partial charge in [0.1, 0.15) is 0 Å². The molecule has 0 aromatic heterocycles. The summed E-state index contributed by atoms with van der Waals surface area (Å²) in [4.78, 5) is 30.6. The van der Waals surface area contributed by atoms with Gasteiger partial charge in [-0.15, -0.1) is 0 Å². The third-order valence-electron chi connectivity index (χ3n) is 7.13. The summed E-state index contributed by atoms with van der Waals surface area (Å²) in [5.74, 6) is 0.159. The van der Waals surface area contributed by atoms with Crippen LogP contribution in [-0.2, 0) is 11.2 Å². The van der Waals surface area contributed by atoms with Gasteiger partial charge >= 0.3 is 0 Å². The molecular weight excluding hydrogens is 428 g/mol. The molecule has 1 amide bonds. The average Bonchev–Trinajstić information content (AvgIpc) is 2.92. The third-order valence-corrected chi connectivity index (χ3v) is 7.13. The molecule has 2 aromatic carbocycles. The van der Waals surface area contributed by atoms with E-state index in [9.17, 15) is 9.59 Å². The molecule has 2 fully saturated rings. The van der Waals surface area contributed by atoms with E-state index in [1.54, 1.807) is 0 Å². The molecule has 1 atom stereocenters. The Balaban J connectivity index is 1.47. The van der Waals surface area contributed by atoms with Crippen LogP contribution in [0.25, 0.3) is 0 Å². The third kappa shape index (κ3) is 5.32. The first-order valence-electron chi connectivity index (χ1n) is 12.3. The predicted octanol–water partition coefficient (Wildman–Crippen LogP) is 2.36. The van der Waals surface area contributed by atoms with Crippen molar-refractivity contribution in [2.24, 2.45) is 0 Å². The number of piperazine rings is 1. The van der Waals surface area contributed by atoms with E-state index >= 15 is 0 Å². The molecule has 2 saturated heterocycles. The molecule has 0 radical (unpaired) electrons. The summed E-state index contributed by atoms with van der Waals surface area (Å²) < 4.78 is 5.44. The van der Waals surface area contributed by atoms with Gasteiger partial charge in [-0.3, -0.25) is 9.59 Å². The van der Waals surface area contributed by atoms with Crippen molar-refractivity contribution in [2.75, 3.05) is 64.4 Å². The maximum absolute atomic E-state index is 13.6. The lowest BCUT2D eigenvalue weighted by atomic mass is 9.81. The van der Waals surface area contributed by atoms with E-state index in [1.807, 2.05) is 67.4 Å². The fraction of sp³-hybridized carbons (Fsp3) is 0.481. The Morgan fingerprint density at radius 1 is 0.941 bits per heavy atom. The monoisotopic (exact) mass is 464 g/mol. The number of hydrogen-bond donors (Lipinski definition) is 2. The molecule has 2 aromatic rings. The number of nitrogens with zero attached hydrogens (tertiary/aromatic N) is 2. The summed E-state index contributed by atoms with van der Waals surface area (Å²) in [5, 5.41) is 6.59. The zero-order valence-corrected chi connectivity index (χ0v) is 20.3. The molecule has 0 spiro atoms. The predicted molar refractivity (Wildman–Crippen MR) is 135 cm³/mol. The summed E-state index contributed by atoms with van der Waals surface area (Å²) in [6.45, 7) is 8.39. The molecule has 0 saturated carbocycles. The smallest absolute Gasteiger partial charge is 0.253 e. The van der Waals surface area contributed by atoms with E-state index in [2.05, 4.69) is 15.5 Å². The zero-order valence-electron chi connectivity index (χ0n) is 20.3. The van der Waals surface area contributed by atoms with Gasteiger partial charge in [0.15, 0.2) is 5.78 Å². The van der Waals surface area contributed by atoms with Crippen molar-refractivity contribution >= 4 is 17.4 Å². The highest BCUT2D eigenvalue weighted by molar-refractivity contribution is 6.03. The van der Waals surface area contributed by atoms with Crippen LogP contribution in [0.5, 0.6) is 0 Å². The first-order valence-corrected chi connectivity index (χ1v) is 12.3. The Kier molecular flexibility index (Phi) is 7.98. The van der Waals surface area contributed by atoms with E-state index in [4.69, 9.17) is 4.74 Å². The molecule has 7 nitrogen and oxygen atoms in total. The van der Waals surface area contributed by atoms with Crippen molar-refractivity contribution in [3.05, 3.63) is 65.2 Å². The van der Waals surface area contributed by atoms with E-state index in [0.29, 0.717) is 24.0 Å². The number of anilines is 1. The minimum absolute atomic E-state index is 0.0693. The van der Waals surface area contributed by atoms with Crippen LogP contribution in [-0.4, -0.2) is 81.7 Å². The molecule has 0 bridgehead atoms. The Morgan fingerprint density at radius 3 is 2.15 bits per heavy atom. The van der Waals surface area contributed by atoms with Gasteiger partial charge in [0.2, 0.25) is 0 Å². The Morgan fingerprint density at radius 2 is 1.56 bits per heavy atom. The average molecular weight is 465 g/mol. The normalized spacial score (nSPS) is 18.4. The zero-order chi connectivity index (χ0) is 24.0. The number of benzene rings is 2. The summed E-state index contributed by atoms with van der Waals surface area (Å²) in [7, 11) is 1.85. The number of Topliss-reactive ketones (excluding diaryl/α,β-unsaturated/α-hetero) is 1. The number of nitrogens with one attached hydrogen (secondary N) is 2. The van der Waals surface area contributed by atoms with Crippen molar-refractivity contribution in [3.63, 3.8) is 0 Å². The molecule has 2 heterocycles. The lowest BCUT2D eigenvalue weighted by molar-refractivity contribution is 0.0735. The topological polar surface area (TPSA) is 73.9 Å². The van der Waals surface area contributed by atoms with Crippen LogP contribution in [0.3, 0.4) is 0 Å². The summed E-state index contributed by atoms with van der Waals surface area (Å²) in [5.41, 5.74) is 2.85. The maximum atomic E-state index is 13.6. The maximum Gasteiger partial charge on any atom is 0.253 e. The van der Waals surface area contributed by atoms with Crippen LogP contribution in [0.15, 0.2) is 48.5 Å². The first-order chi connectivity index (χ1) is 16.6. The quantitative estimate of drug-likeness (QED) is 0.585. The second kappa shape index (κ2) is 11.1. The van der Waals surface area contributed by atoms with Crippen LogP contribution < -0.4 is 15.5 Å². The number of ketones is 1. The molecule has 182 valence electrons. The number of rotatable bonds is 8. The molecule has 0 aliphatic carbocycles. The van der Waals surface area contributed by atoms with Crippen molar-refractivity contribution in [1.29, 1.82) is 0 Å². The van der Waals surface area contributed by atoms with Crippen LogP contribution >= 0.6 is 0 Å².